The van der Waals surface area contributed by atoms with Crippen molar-refractivity contribution in [1.29, 1.82) is 0 Å². The summed E-state index contributed by atoms with van der Waals surface area (Å²) in [4.78, 5) is 33.1. The molecule has 2 aromatic heterocycles. The summed E-state index contributed by atoms with van der Waals surface area (Å²) in [7, 11) is -5.99. The Kier molecular flexibility index (Phi) is 22.5. The quantitative estimate of drug-likeness (QED) is 0.0804. The number of carboxylic acid groups (broad SMARTS) is 1. The second-order valence-corrected chi connectivity index (χ2v) is 26.9. The second kappa shape index (κ2) is 29.3. The number of likely N-dealkylation sites (tertiary alicyclic amines) is 2. The molecule has 2 aromatic carbocycles. The first kappa shape index (κ1) is 63.1. The van der Waals surface area contributed by atoms with Gasteiger partial charge in [-0.2, -0.15) is 16.8 Å². The number of carboxylic acids is 1. The Labute approximate surface area is 487 Å². The highest BCUT2D eigenvalue weighted by atomic mass is 32.2. The summed E-state index contributed by atoms with van der Waals surface area (Å²) in [6, 6.07) is 12.2. The van der Waals surface area contributed by atoms with Gasteiger partial charge in [-0.05, 0) is 248 Å². The summed E-state index contributed by atoms with van der Waals surface area (Å²) in [6.45, 7) is 23.0. The van der Waals surface area contributed by atoms with Gasteiger partial charge < -0.3 is 43.0 Å². The first-order chi connectivity index (χ1) is 39.3. The van der Waals surface area contributed by atoms with Crippen LogP contribution in [-0.2, 0) is 55.5 Å². The van der Waals surface area contributed by atoms with Crippen LogP contribution in [0.3, 0.4) is 0 Å². The standard InChI is InChI=1S/C30H44N4O5S.C24H35N3O4S.C7H13NO2/c1-4-15-34(20-23-11-16-33(17-12-23)30(35)25-9-13-31-14-10-25)27-7-5-24-6-8-28(19-26(24)18-27)39-40(36,37)29-21(2)32-38-22(29)3;1-4-13-27(16-19-9-11-25-12-10-19)22-7-5-20-6-8-23(15-21(20)14-22)31-32(28,29)24-17(2)26-30-18(24)3;1-8-4-2-6(3-5-8)7(9)10/h6,8,19,23,25,27,31H,4-5,7,9-18,20H2,1-3H3;6,8,15,19,22,25H,4-5,7,9-14,16H2,1-3H3;6H,2-5H2,1H3,(H,9,10). The highest BCUT2D eigenvalue weighted by molar-refractivity contribution is 7.87. The molecule has 0 spiro atoms. The molecule has 21 heteroatoms. The van der Waals surface area contributed by atoms with Crippen LogP contribution in [0.15, 0.2) is 55.2 Å². The van der Waals surface area contributed by atoms with E-state index in [4.69, 9.17) is 22.5 Å². The van der Waals surface area contributed by atoms with Gasteiger partial charge in [0.1, 0.15) is 22.9 Å². The predicted octanol–water partition coefficient (Wildman–Crippen LogP) is 7.91. The SMILES string of the molecule is CCCN(CC1CCN(C(=O)C2CCNCC2)CC1)C1CCc2ccc(OS(=O)(=O)c3c(C)noc3C)cc2C1.CCCN(CC1CCNCC1)C1CCc2ccc(OS(=O)(=O)c3c(C)noc3C)cc2C1.CN1CCC(C(=O)O)CC1. The Morgan fingerprint density at radius 2 is 1.05 bits per heavy atom. The van der Waals surface area contributed by atoms with Crippen LogP contribution < -0.4 is 19.0 Å². The van der Waals surface area contributed by atoms with E-state index in [1.54, 1.807) is 39.8 Å². The van der Waals surface area contributed by atoms with Crippen molar-refractivity contribution in [2.45, 2.75) is 166 Å². The van der Waals surface area contributed by atoms with E-state index in [0.29, 0.717) is 46.8 Å². The lowest BCUT2D eigenvalue weighted by Gasteiger charge is -2.40. The van der Waals surface area contributed by atoms with E-state index in [9.17, 15) is 26.4 Å². The number of nitrogens with zero attached hydrogens (tertiary/aromatic N) is 6. The molecule has 6 heterocycles. The van der Waals surface area contributed by atoms with Crippen LogP contribution in [0, 0.1) is 51.4 Å². The molecule has 2 atom stereocenters. The monoisotopic (exact) mass is 1180 g/mol. The smallest absolute Gasteiger partial charge is 0.344 e. The molecule has 19 nitrogen and oxygen atoms in total. The third kappa shape index (κ3) is 16.7. The maximum absolute atomic E-state index is 13.0. The number of benzene rings is 2. The Balaban J connectivity index is 0.000000187. The fourth-order valence-electron chi connectivity index (χ4n) is 13.2. The number of carbonyl (C=O) groups excluding carboxylic acids is 1. The van der Waals surface area contributed by atoms with Crippen LogP contribution in [0.5, 0.6) is 11.5 Å². The largest absolute Gasteiger partial charge is 0.481 e. The van der Waals surface area contributed by atoms with Crippen LogP contribution in [0.2, 0.25) is 0 Å². The van der Waals surface area contributed by atoms with E-state index >= 15 is 0 Å². The minimum atomic E-state index is -4.03. The van der Waals surface area contributed by atoms with E-state index < -0.39 is 26.2 Å². The molecule has 10 rings (SSSR count). The van der Waals surface area contributed by atoms with Gasteiger partial charge in [-0.1, -0.05) is 36.3 Å². The summed E-state index contributed by atoms with van der Waals surface area (Å²) in [5, 5.41) is 22.9. The molecule has 4 aromatic rings. The average molecular weight is 1180 g/mol. The van der Waals surface area contributed by atoms with E-state index in [1.807, 2.05) is 31.3 Å². The lowest BCUT2D eigenvalue weighted by molar-refractivity contribution is -0.143. The van der Waals surface area contributed by atoms with Crippen LogP contribution in [0.25, 0.3) is 0 Å². The Morgan fingerprint density at radius 1 is 0.610 bits per heavy atom. The zero-order chi connectivity index (χ0) is 58.6. The van der Waals surface area contributed by atoms with Crippen LogP contribution in [0.1, 0.15) is 136 Å². The zero-order valence-electron chi connectivity index (χ0n) is 49.8. The number of carbonyl (C=O) groups is 2. The summed E-state index contributed by atoms with van der Waals surface area (Å²) in [6.07, 6.45) is 16.5. The summed E-state index contributed by atoms with van der Waals surface area (Å²) in [5.74, 6) is 2.36. The van der Waals surface area contributed by atoms with Crippen molar-refractivity contribution in [1.82, 2.24) is 40.5 Å². The maximum Gasteiger partial charge on any atom is 0.344 e. The molecule has 6 aliphatic rings. The van der Waals surface area contributed by atoms with Gasteiger partial charge in [0.15, 0.2) is 21.3 Å². The minimum absolute atomic E-state index is 0.000662. The fourth-order valence-corrected chi connectivity index (χ4v) is 15.7. The number of amides is 1. The van der Waals surface area contributed by atoms with Crippen molar-refractivity contribution in [3.05, 3.63) is 81.6 Å². The van der Waals surface area contributed by atoms with Crippen LogP contribution >= 0.6 is 0 Å². The maximum atomic E-state index is 13.0. The molecule has 4 saturated heterocycles. The third-order valence-electron chi connectivity index (χ3n) is 17.8. The topological polar surface area (TPSA) is 230 Å². The van der Waals surface area contributed by atoms with Gasteiger partial charge in [-0.3, -0.25) is 19.4 Å². The molecule has 3 N–H and O–H groups in total. The van der Waals surface area contributed by atoms with Gasteiger partial charge >= 0.3 is 26.2 Å². The number of nitrogens with one attached hydrogen (secondary N) is 2. The van der Waals surface area contributed by atoms with Crippen molar-refractivity contribution >= 4 is 32.1 Å². The van der Waals surface area contributed by atoms with Gasteiger partial charge in [0, 0.05) is 44.2 Å². The van der Waals surface area contributed by atoms with Gasteiger partial charge in [0.05, 0.1) is 5.92 Å². The molecular weight excluding hydrogens is 1080 g/mol. The normalized spacial score (nSPS) is 20.8. The van der Waals surface area contributed by atoms with Gasteiger partial charge in [0.25, 0.3) is 0 Å². The number of aromatic nitrogens is 2. The van der Waals surface area contributed by atoms with Gasteiger partial charge in [-0.15, -0.1) is 0 Å². The summed E-state index contributed by atoms with van der Waals surface area (Å²) < 4.78 is 72.6. The number of aliphatic carboxylic acids is 1. The molecule has 0 bridgehead atoms. The number of piperidine rings is 4. The zero-order valence-corrected chi connectivity index (χ0v) is 51.4. The first-order valence-corrected chi connectivity index (χ1v) is 33.2. The van der Waals surface area contributed by atoms with Crippen molar-refractivity contribution in [3.63, 3.8) is 0 Å². The molecule has 4 fully saturated rings. The van der Waals surface area contributed by atoms with Gasteiger partial charge in [0.2, 0.25) is 5.91 Å². The number of hydrogen-bond donors (Lipinski definition) is 3. The molecule has 4 aliphatic heterocycles. The molecule has 2 unspecified atom stereocenters. The first-order valence-electron chi connectivity index (χ1n) is 30.4. The Hall–Kier alpha value is -4.90. The highest BCUT2D eigenvalue weighted by Crippen LogP contribution is 2.34. The Morgan fingerprint density at radius 3 is 1.46 bits per heavy atom. The number of fused-ring (bicyclic) bond motifs is 2. The fraction of sp³-hybridized carbons (Fsp3) is 0.672. The van der Waals surface area contributed by atoms with E-state index in [-0.39, 0.29) is 33.1 Å². The molecule has 0 radical (unpaired) electrons. The molecular formula is C61H92N8O11S2. The molecule has 2 aliphatic carbocycles. The molecule has 1 amide bonds. The number of hydrogen-bond acceptors (Lipinski definition) is 17. The molecule has 82 heavy (non-hydrogen) atoms. The average Bonchev–Trinajstić information content (AvgIpc) is 4.02. The third-order valence-corrected chi connectivity index (χ3v) is 20.8. The van der Waals surface area contributed by atoms with E-state index in [2.05, 4.69) is 54.4 Å². The highest BCUT2D eigenvalue weighted by Gasteiger charge is 2.34. The van der Waals surface area contributed by atoms with Crippen LogP contribution in [-0.4, -0.2) is 161 Å². The van der Waals surface area contributed by atoms with E-state index in [1.165, 1.54) is 29.5 Å². The Bertz CT molecular complexity index is 2920. The number of aryl methyl sites for hydroxylation is 6. The lowest BCUT2D eigenvalue weighted by Crippen LogP contribution is -2.47. The van der Waals surface area contributed by atoms with Crippen molar-refractivity contribution in [2.24, 2.45) is 23.7 Å². The second-order valence-electron chi connectivity index (χ2n) is 23.9. The minimum Gasteiger partial charge on any atom is -0.481 e. The lowest BCUT2D eigenvalue weighted by atomic mass is 9.86. The summed E-state index contributed by atoms with van der Waals surface area (Å²) in [5.41, 5.74) is 5.52. The van der Waals surface area contributed by atoms with Gasteiger partial charge in [-0.25, -0.2) is 0 Å². The van der Waals surface area contributed by atoms with E-state index in [0.717, 1.165) is 180 Å². The van der Waals surface area contributed by atoms with Crippen molar-refractivity contribution in [3.8, 4) is 11.5 Å². The summed E-state index contributed by atoms with van der Waals surface area (Å²) >= 11 is 0. The molecule has 0 saturated carbocycles. The predicted molar refractivity (Wildman–Crippen MR) is 314 cm³/mol. The van der Waals surface area contributed by atoms with Crippen molar-refractivity contribution < 1.29 is 48.9 Å². The molecule has 454 valence electrons. The van der Waals surface area contributed by atoms with Crippen LogP contribution in [0.4, 0.5) is 0 Å². The van der Waals surface area contributed by atoms with Crippen molar-refractivity contribution in [2.75, 3.05) is 85.6 Å². The number of rotatable bonds is 18.